The number of ether oxygens (including phenoxy) is 2. The molecule has 0 aliphatic carbocycles. The van der Waals surface area contributed by atoms with Crippen LogP contribution in [0, 0.1) is 0 Å². The third-order valence-corrected chi connectivity index (χ3v) is 4.18. The van der Waals surface area contributed by atoms with E-state index >= 15 is 0 Å². The first-order valence-electron chi connectivity index (χ1n) is 8.39. The van der Waals surface area contributed by atoms with Gasteiger partial charge in [-0.3, -0.25) is 0 Å². The minimum Gasteiger partial charge on any atom is -0.497 e. The number of pyridine rings is 1. The van der Waals surface area contributed by atoms with Gasteiger partial charge in [0, 0.05) is 17.7 Å². The van der Waals surface area contributed by atoms with Crippen molar-refractivity contribution in [2.24, 2.45) is 0 Å². The number of carbonyl (C=O) groups is 1. The molecule has 2 heterocycles. The van der Waals surface area contributed by atoms with Gasteiger partial charge in [-0.2, -0.15) is 5.10 Å². The SMILES string of the molecule is CC/C(=C\C(=O)OC)c1nn(Cc2ccc(OC)cc2)c2ncccc12. The van der Waals surface area contributed by atoms with Crippen LogP contribution < -0.4 is 4.74 Å². The third kappa shape index (κ3) is 3.59. The van der Waals surface area contributed by atoms with Crippen LogP contribution in [0.3, 0.4) is 0 Å². The van der Waals surface area contributed by atoms with Crippen LogP contribution in [0.15, 0.2) is 48.7 Å². The Morgan fingerprint density at radius 3 is 2.62 bits per heavy atom. The molecule has 6 nitrogen and oxygen atoms in total. The number of fused-ring (bicyclic) bond motifs is 1. The molecule has 0 saturated heterocycles. The van der Waals surface area contributed by atoms with Crippen LogP contribution in [0.4, 0.5) is 0 Å². The minimum atomic E-state index is -0.386. The van der Waals surface area contributed by atoms with Gasteiger partial charge in [-0.1, -0.05) is 19.1 Å². The summed E-state index contributed by atoms with van der Waals surface area (Å²) in [6.45, 7) is 2.56. The van der Waals surface area contributed by atoms with Gasteiger partial charge in [0.1, 0.15) is 5.75 Å². The van der Waals surface area contributed by atoms with Crippen LogP contribution in [0.25, 0.3) is 16.6 Å². The summed E-state index contributed by atoms with van der Waals surface area (Å²) in [6, 6.07) is 11.7. The van der Waals surface area contributed by atoms with E-state index in [0.29, 0.717) is 13.0 Å². The Hall–Kier alpha value is -3.15. The molecule has 0 aliphatic rings. The first kappa shape index (κ1) is 17.7. The molecular weight excluding hydrogens is 330 g/mol. The molecule has 0 fully saturated rings. The number of hydrogen-bond acceptors (Lipinski definition) is 5. The summed E-state index contributed by atoms with van der Waals surface area (Å²) in [5.74, 6) is 0.427. The van der Waals surface area contributed by atoms with Gasteiger partial charge in [0.2, 0.25) is 0 Å². The topological polar surface area (TPSA) is 66.2 Å². The Labute approximate surface area is 152 Å². The second-order valence-electron chi connectivity index (χ2n) is 5.78. The zero-order valence-electron chi connectivity index (χ0n) is 15.1. The molecule has 3 aromatic rings. The lowest BCUT2D eigenvalue weighted by Crippen LogP contribution is -2.03. The Morgan fingerprint density at radius 2 is 1.96 bits per heavy atom. The van der Waals surface area contributed by atoms with Crippen LogP contribution in [-0.4, -0.2) is 35.0 Å². The molecule has 2 aromatic heterocycles. The van der Waals surface area contributed by atoms with E-state index in [1.807, 2.05) is 48.0 Å². The number of carbonyl (C=O) groups excluding carboxylic acids is 1. The summed E-state index contributed by atoms with van der Waals surface area (Å²) in [6.07, 6.45) is 3.90. The molecule has 0 saturated carbocycles. The van der Waals surface area contributed by atoms with Crippen molar-refractivity contribution < 1.29 is 14.3 Å². The van der Waals surface area contributed by atoms with Crippen LogP contribution in [-0.2, 0) is 16.1 Å². The van der Waals surface area contributed by atoms with Crippen molar-refractivity contribution in [1.82, 2.24) is 14.8 Å². The number of aromatic nitrogens is 3. The summed E-state index contributed by atoms with van der Waals surface area (Å²) >= 11 is 0. The second-order valence-corrected chi connectivity index (χ2v) is 5.78. The molecule has 0 N–H and O–H groups in total. The maximum atomic E-state index is 11.7. The largest absolute Gasteiger partial charge is 0.497 e. The Kier molecular flexibility index (Phi) is 5.31. The van der Waals surface area contributed by atoms with Gasteiger partial charge in [0.25, 0.3) is 0 Å². The maximum absolute atomic E-state index is 11.7. The fourth-order valence-electron chi connectivity index (χ4n) is 2.80. The molecule has 0 bridgehead atoms. The van der Waals surface area contributed by atoms with Crippen molar-refractivity contribution in [1.29, 1.82) is 0 Å². The predicted molar refractivity (Wildman–Crippen MR) is 99.9 cm³/mol. The quantitative estimate of drug-likeness (QED) is 0.503. The molecule has 0 aliphatic heterocycles. The fraction of sp³-hybridized carbons (Fsp3) is 0.250. The van der Waals surface area contributed by atoms with Crippen molar-refractivity contribution in [3.8, 4) is 5.75 Å². The van der Waals surface area contributed by atoms with Gasteiger partial charge in [0.05, 0.1) is 26.5 Å². The summed E-state index contributed by atoms with van der Waals surface area (Å²) in [4.78, 5) is 16.2. The van der Waals surface area contributed by atoms with Gasteiger partial charge < -0.3 is 9.47 Å². The van der Waals surface area contributed by atoms with E-state index in [9.17, 15) is 4.79 Å². The summed E-state index contributed by atoms with van der Waals surface area (Å²) < 4.78 is 11.8. The van der Waals surface area contributed by atoms with E-state index in [1.54, 1.807) is 13.3 Å². The number of rotatable bonds is 6. The summed E-state index contributed by atoms with van der Waals surface area (Å²) in [5.41, 5.74) is 3.45. The van der Waals surface area contributed by atoms with Crippen LogP contribution in [0.1, 0.15) is 24.6 Å². The number of nitrogens with zero attached hydrogens (tertiary/aromatic N) is 3. The van der Waals surface area contributed by atoms with Crippen molar-refractivity contribution in [2.45, 2.75) is 19.9 Å². The van der Waals surface area contributed by atoms with E-state index in [-0.39, 0.29) is 5.97 Å². The van der Waals surface area contributed by atoms with E-state index < -0.39 is 0 Å². The highest BCUT2D eigenvalue weighted by Crippen LogP contribution is 2.26. The van der Waals surface area contributed by atoms with E-state index in [0.717, 1.165) is 33.6 Å². The number of benzene rings is 1. The van der Waals surface area contributed by atoms with Gasteiger partial charge in [0.15, 0.2) is 5.65 Å². The molecular formula is C20H21N3O3. The smallest absolute Gasteiger partial charge is 0.330 e. The minimum absolute atomic E-state index is 0.386. The molecule has 1 aromatic carbocycles. The summed E-state index contributed by atoms with van der Waals surface area (Å²) in [5, 5.41) is 5.65. The van der Waals surface area contributed by atoms with Gasteiger partial charge >= 0.3 is 5.97 Å². The molecule has 6 heteroatoms. The lowest BCUT2D eigenvalue weighted by Gasteiger charge is -2.05. The molecule has 0 radical (unpaired) electrons. The molecule has 0 spiro atoms. The molecule has 0 atom stereocenters. The molecule has 26 heavy (non-hydrogen) atoms. The molecule has 3 rings (SSSR count). The number of esters is 1. The molecule has 0 amide bonds. The normalized spacial score (nSPS) is 11.6. The van der Waals surface area contributed by atoms with Gasteiger partial charge in [-0.05, 0) is 41.8 Å². The zero-order chi connectivity index (χ0) is 18.5. The number of methoxy groups -OCH3 is 2. The van der Waals surface area contributed by atoms with Crippen LogP contribution in [0.2, 0.25) is 0 Å². The lowest BCUT2D eigenvalue weighted by molar-refractivity contribution is -0.134. The van der Waals surface area contributed by atoms with Crippen molar-refractivity contribution in [3.05, 3.63) is 59.9 Å². The average Bonchev–Trinajstić information content (AvgIpc) is 3.05. The summed E-state index contributed by atoms with van der Waals surface area (Å²) in [7, 11) is 3.01. The van der Waals surface area contributed by atoms with Crippen molar-refractivity contribution in [3.63, 3.8) is 0 Å². The first-order valence-corrected chi connectivity index (χ1v) is 8.39. The maximum Gasteiger partial charge on any atom is 0.330 e. The Balaban J connectivity index is 2.04. The van der Waals surface area contributed by atoms with Crippen LogP contribution in [0.5, 0.6) is 5.75 Å². The lowest BCUT2D eigenvalue weighted by atomic mass is 10.1. The van der Waals surface area contributed by atoms with Gasteiger partial charge in [-0.25, -0.2) is 14.5 Å². The van der Waals surface area contributed by atoms with Crippen LogP contribution >= 0.6 is 0 Å². The molecule has 0 unspecified atom stereocenters. The monoisotopic (exact) mass is 351 g/mol. The van der Waals surface area contributed by atoms with E-state index in [1.165, 1.54) is 13.2 Å². The fourth-order valence-corrected chi connectivity index (χ4v) is 2.80. The highest BCUT2D eigenvalue weighted by atomic mass is 16.5. The molecule has 134 valence electrons. The van der Waals surface area contributed by atoms with Crippen molar-refractivity contribution >= 4 is 22.6 Å². The average molecular weight is 351 g/mol. The van der Waals surface area contributed by atoms with E-state index in [2.05, 4.69) is 4.98 Å². The van der Waals surface area contributed by atoms with E-state index in [4.69, 9.17) is 14.6 Å². The predicted octanol–water partition coefficient (Wildman–Crippen LogP) is 3.45. The van der Waals surface area contributed by atoms with Gasteiger partial charge in [-0.15, -0.1) is 0 Å². The Morgan fingerprint density at radius 1 is 1.19 bits per heavy atom. The number of hydrogen-bond donors (Lipinski definition) is 0. The highest BCUT2D eigenvalue weighted by Gasteiger charge is 2.15. The second kappa shape index (κ2) is 7.82. The third-order valence-electron chi connectivity index (χ3n) is 4.18. The van der Waals surface area contributed by atoms with Crippen molar-refractivity contribution in [2.75, 3.05) is 14.2 Å². The Bertz CT molecular complexity index is 943. The number of allylic oxidation sites excluding steroid dienone is 1. The first-order chi connectivity index (χ1) is 12.7. The standard InChI is InChI=1S/C20H21N3O3/c1-4-15(12-18(24)26-3)19-17-6-5-11-21-20(17)23(22-19)13-14-7-9-16(25-2)10-8-14/h5-12H,4,13H2,1-3H3/b15-12+. The zero-order valence-corrected chi connectivity index (χ0v) is 15.1. The highest BCUT2D eigenvalue weighted by molar-refractivity contribution is 5.96.